The van der Waals surface area contributed by atoms with Crippen molar-refractivity contribution in [1.82, 2.24) is 14.2 Å². The molecule has 3 aromatic rings. The summed E-state index contributed by atoms with van der Waals surface area (Å²) < 4.78 is 33.7. The van der Waals surface area contributed by atoms with Crippen molar-refractivity contribution in [1.29, 1.82) is 0 Å². The third kappa shape index (κ3) is 4.49. The number of benzene rings is 2. The lowest BCUT2D eigenvalue weighted by Gasteiger charge is -2.31. The fourth-order valence-electron chi connectivity index (χ4n) is 5.19. The van der Waals surface area contributed by atoms with Crippen molar-refractivity contribution in [3.8, 4) is 0 Å². The quantitative estimate of drug-likeness (QED) is 0.523. The minimum absolute atomic E-state index is 0.0499. The summed E-state index contributed by atoms with van der Waals surface area (Å²) in [5.74, 6) is 0.630. The number of rotatable bonds is 5. The number of aromatic nitrogens is 1. The van der Waals surface area contributed by atoms with Crippen LogP contribution in [0.2, 0.25) is 0 Å². The van der Waals surface area contributed by atoms with Crippen molar-refractivity contribution in [2.75, 3.05) is 20.1 Å². The molecule has 5 rings (SSSR count). The number of carbonyl (C=O) groups is 1. The van der Waals surface area contributed by atoms with Crippen LogP contribution in [0, 0.1) is 0 Å². The Morgan fingerprint density at radius 3 is 2.47 bits per heavy atom. The molecule has 1 aliphatic carbocycles. The highest BCUT2D eigenvalue weighted by molar-refractivity contribution is 7.89. The Morgan fingerprint density at radius 2 is 1.74 bits per heavy atom. The van der Waals surface area contributed by atoms with Gasteiger partial charge in [0.1, 0.15) is 5.52 Å². The van der Waals surface area contributed by atoms with Gasteiger partial charge in [-0.25, -0.2) is 13.4 Å². The standard InChI is InChI=1S/C26H31N3O4S/c1-28(21-9-3-2-4-10-21)34(31,32)22-15-13-19(14-16-22)26(30)29-17-7-8-20(18-29)25-27-23-11-5-6-12-24(23)33-25/h5-6,11-16,20-21H,2-4,7-10,17-18H2,1H3. The molecule has 2 heterocycles. The first-order valence-electron chi connectivity index (χ1n) is 12.2. The van der Waals surface area contributed by atoms with Crippen molar-refractivity contribution >= 4 is 27.0 Å². The number of piperidine rings is 1. The summed E-state index contributed by atoms with van der Waals surface area (Å²) in [6.45, 7) is 1.20. The summed E-state index contributed by atoms with van der Waals surface area (Å²) in [5.41, 5.74) is 2.09. The first kappa shape index (κ1) is 23.1. The molecule has 2 fully saturated rings. The topological polar surface area (TPSA) is 83.7 Å². The largest absolute Gasteiger partial charge is 0.440 e. The van der Waals surface area contributed by atoms with Gasteiger partial charge < -0.3 is 9.32 Å². The van der Waals surface area contributed by atoms with Crippen LogP contribution in [-0.4, -0.2) is 54.7 Å². The number of carbonyl (C=O) groups excluding carboxylic acids is 1. The summed E-state index contributed by atoms with van der Waals surface area (Å²) in [6.07, 6.45) is 6.90. The Balaban J connectivity index is 1.28. The molecule has 34 heavy (non-hydrogen) atoms. The summed E-state index contributed by atoms with van der Waals surface area (Å²) in [7, 11) is -1.90. The molecule has 1 aliphatic heterocycles. The maximum absolute atomic E-state index is 13.2. The van der Waals surface area contributed by atoms with E-state index in [-0.39, 0.29) is 22.8 Å². The highest BCUT2D eigenvalue weighted by Gasteiger charge is 2.31. The van der Waals surface area contributed by atoms with Gasteiger partial charge in [-0.2, -0.15) is 4.31 Å². The zero-order chi connectivity index (χ0) is 23.7. The van der Waals surface area contributed by atoms with Crippen molar-refractivity contribution in [2.45, 2.75) is 61.8 Å². The Hall–Kier alpha value is -2.71. The van der Waals surface area contributed by atoms with E-state index in [4.69, 9.17) is 4.42 Å². The van der Waals surface area contributed by atoms with Crippen molar-refractivity contribution < 1.29 is 17.6 Å². The van der Waals surface area contributed by atoms with Gasteiger partial charge in [0, 0.05) is 31.7 Å². The predicted molar refractivity (Wildman–Crippen MR) is 130 cm³/mol. The average molecular weight is 482 g/mol. The lowest BCUT2D eigenvalue weighted by molar-refractivity contribution is 0.0699. The van der Waals surface area contributed by atoms with Crippen LogP contribution in [-0.2, 0) is 10.0 Å². The van der Waals surface area contributed by atoms with Gasteiger partial charge in [-0.1, -0.05) is 31.4 Å². The highest BCUT2D eigenvalue weighted by Crippen LogP contribution is 2.30. The smallest absolute Gasteiger partial charge is 0.253 e. The minimum atomic E-state index is -3.58. The van der Waals surface area contributed by atoms with Gasteiger partial charge in [0.05, 0.1) is 10.8 Å². The third-order valence-corrected chi connectivity index (χ3v) is 9.16. The second-order valence-electron chi connectivity index (χ2n) is 9.45. The summed E-state index contributed by atoms with van der Waals surface area (Å²) in [6, 6.07) is 14.1. The maximum atomic E-state index is 13.2. The average Bonchev–Trinajstić information content (AvgIpc) is 3.33. The number of fused-ring (bicyclic) bond motifs is 1. The van der Waals surface area contributed by atoms with Crippen LogP contribution < -0.4 is 0 Å². The van der Waals surface area contributed by atoms with Gasteiger partial charge in [-0.3, -0.25) is 4.79 Å². The van der Waals surface area contributed by atoms with Crippen LogP contribution in [0.3, 0.4) is 0 Å². The molecule has 1 aromatic heterocycles. The van der Waals surface area contributed by atoms with E-state index in [9.17, 15) is 13.2 Å². The molecular weight excluding hydrogens is 450 g/mol. The number of likely N-dealkylation sites (tertiary alicyclic amines) is 1. The number of sulfonamides is 1. The van der Waals surface area contributed by atoms with E-state index in [2.05, 4.69) is 4.98 Å². The van der Waals surface area contributed by atoms with E-state index in [1.807, 2.05) is 29.2 Å². The molecule has 2 aromatic carbocycles. The number of amides is 1. The second kappa shape index (κ2) is 9.50. The van der Waals surface area contributed by atoms with Gasteiger partial charge in [-0.05, 0) is 62.1 Å². The Morgan fingerprint density at radius 1 is 1.00 bits per heavy atom. The zero-order valence-electron chi connectivity index (χ0n) is 19.5. The molecule has 7 nitrogen and oxygen atoms in total. The van der Waals surface area contributed by atoms with E-state index < -0.39 is 10.0 Å². The molecule has 1 unspecified atom stereocenters. The van der Waals surface area contributed by atoms with Gasteiger partial charge in [0.25, 0.3) is 5.91 Å². The van der Waals surface area contributed by atoms with Crippen LogP contribution in [0.4, 0.5) is 0 Å². The van der Waals surface area contributed by atoms with Crippen molar-refractivity contribution in [3.05, 3.63) is 60.0 Å². The van der Waals surface area contributed by atoms with Gasteiger partial charge >= 0.3 is 0 Å². The molecule has 180 valence electrons. The number of oxazole rings is 1. The second-order valence-corrected chi connectivity index (χ2v) is 11.4. The molecule has 8 heteroatoms. The van der Waals surface area contributed by atoms with Crippen molar-refractivity contribution in [2.24, 2.45) is 0 Å². The first-order valence-corrected chi connectivity index (χ1v) is 13.6. The van der Waals surface area contributed by atoms with Crippen LogP contribution in [0.5, 0.6) is 0 Å². The predicted octanol–water partition coefficient (Wildman–Crippen LogP) is 4.80. The monoisotopic (exact) mass is 481 g/mol. The Labute approximate surface area is 200 Å². The molecule has 0 spiro atoms. The molecule has 1 amide bonds. The van der Waals surface area contributed by atoms with Crippen LogP contribution in [0.15, 0.2) is 57.8 Å². The number of nitrogens with zero attached hydrogens (tertiary/aromatic N) is 3. The lowest BCUT2D eigenvalue weighted by Crippen LogP contribution is -2.39. The number of hydrogen-bond acceptors (Lipinski definition) is 5. The molecular formula is C26H31N3O4S. The summed E-state index contributed by atoms with van der Waals surface area (Å²) >= 11 is 0. The maximum Gasteiger partial charge on any atom is 0.253 e. The third-order valence-electron chi connectivity index (χ3n) is 7.24. The number of para-hydroxylation sites is 2. The molecule has 0 N–H and O–H groups in total. The number of hydrogen-bond donors (Lipinski definition) is 0. The van der Waals surface area contributed by atoms with E-state index >= 15 is 0 Å². The molecule has 2 aliphatic rings. The molecule has 1 saturated carbocycles. The zero-order valence-corrected chi connectivity index (χ0v) is 20.3. The molecule has 1 atom stereocenters. The highest BCUT2D eigenvalue weighted by atomic mass is 32.2. The van der Waals surface area contributed by atoms with Gasteiger partial charge in [0.2, 0.25) is 10.0 Å². The fourth-order valence-corrected chi connectivity index (χ4v) is 6.60. The minimum Gasteiger partial charge on any atom is -0.440 e. The first-order chi connectivity index (χ1) is 16.4. The van der Waals surface area contributed by atoms with E-state index in [1.165, 1.54) is 10.7 Å². The van der Waals surface area contributed by atoms with E-state index in [1.54, 1.807) is 31.3 Å². The van der Waals surface area contributed by atoms with Crippen LogP contribution >= 0.6 is 0 Å². The lowest BCUT2D eigenvalue weighted by atomic mass is 9.96. The van der Waals surface area contributed by atoms with E-state index in [0.29, 0.717) is 24.5 Å². The fraction of sp³-hybridized carbons (Fsp3) is 0.462. The summed E-state index contributed by atoms with van der Waals surface area (Å²) in [4.78, 5) is 19.9. The molecule has 0 bridgehead atoms. The van der Waals surface area contributed by atoms with Crippen LogP contribution in [0.25, 0.3) is 11.1 Å². The van der Waals surface area contributed by atoms with E-state index in [0.717, 1.165) is 49.6 Å². The van der Waals surface area contributed by atoms with Crippen molar-refractivity contribution in [3.63, 3.8) is 0 Å². The van der Waals surface area contributed by atoms with Gasteiger partial charge in [-0.15, -0.1) is 0 Å². The summed E-state index contributed by atoms with van der Waals surface area (Å²) in [5, 5.41) is 0. The normalized spacial score (nSPS) is 20.2. The van der Waals surface area contributed by atoms with Crippen LogP contribution in [0.1, 0.15) is 67.1 Å². The SMILES string of the molecule is CN(C1CCCCC1)S(=O)(=O)c1ccc(C(=O)N2CCCC(c3nc4ccccc4o3)C2)cc1. The Kier molecular flexibility index (Phi) is 6.44. The van der Waals surface area contributed by atoms with Gasteiger partial charge in [0.15, 0.2) is 11.5 Å². The molecule has 0 radical (unpaired) electrons. The molecule has 1 saturated heterocycles. The Bertz CT molecular complexity index is 1230.